The molecular formula is C10H19IN2. The molecule has 0 unspecified atom stereocenters. The summed E-state index contributed by atoms with van der Waals surface area (Å²) in [6.07, 6.45) is 5.74. The molecule has 0 N–H and O–H groups in total. The van der Waals surface area contributed by atoms with Crippen LogP contribution in [0.5, 0.6) is 0 Å². The lowest BCUT2D eigenvalue weighted by molar-refractivity contribution is 0.0246. The average Bonchev–Trinajstić information content (AvgIpc) is 2.03. The first-order valence-electron chi connectivity index (χ1n) is 5.18. The topological polar surface area (TPSA) is 6.48 Å². The van der Waals surface area contributed by atoms with Crippen LogP contribution in [0.25, 0.3) is 0 Å². The zero-order chi connectivity index (χ0) is 9.47. The lowest BCUT2D eigenvalue weighted by Gasteiger charge is -2.51. The number of nitrogens with zero attached hydrogens (tertiary/aromatic N) is 2. The fraction of sp³-hybridized carbons (Fsp3) is 1.00. The number of halogens is 1. The summed E-state index contributed by atoms with van der Waals surface area (Å²) in [5.41, 5.74) is 0.730. The molecule has 0 bridgehead atoms. The molecule has 0 amide bonds. The van der Waals surface area contributed by atoms with Gasteiger partial charge in [0.2, 0.25) is 0 Å². The molecule has 2 aliphatic rings. The van der Waals surface area contributed by atoms with E-state index >= 15 is 0 Å². The SMILES string of the molecule is CN(C)C1CCC2(CC1)CN(I)C2. The molecule has 1 aliphatic heterocycles. The van der Waals surface area contributed by atoms with Crippen molar-refractivity contribution in [3.8, 4) is 0 Å². The fourth-order valence-corrected chi connectivity index (χ4v) is 4.18. The van der Waals surface area contributed by atoms with Crippen LogP contribution in [0.15, 0.2) is 0 Å². The molecule has 3 heteroatoms. The minimum atomic E-state index is 0.730. The van der Waals surface area contributed by atoms with E-state index in [1.54, 1.807) is 0 Å². The van der Waals surface area contributed by atoms with E-state index < -0.39 is 0 Å². The molecule has 13 heavy (non-hydrogen) atoms. The number of hydrogen-bond donors (Lipinski definition) is 0. The summed E-state index contributed by atoms with van der Waals surface area (Å²) < 4.78 is 2.42. The molecule has 1 spiro atoms. The van der Waals surface area contributed by atoms with E-state index in [0.717, 1.165) is 11.5 Å². The Labute approximate surface area is 95.2 Å². The van der Waals surface area contributed by atoms with Gasteiger partial charge >= 0.3 is 0 Å². The lowest BCUT2D eigenvalue weighted by Crippen LogP contribution is -2.54. The van der Waals surface area contributed by atoms with Crippen LogP contribution in [0.4, 0.5) is 0 Å². The van der Waals surface area contributed by atoms with Gasteiger partial charge in [0.1, 0.15) is 0 Å². The first kappa shape index (κ1) is 10.2. The largest absolute Gasteiger partial charge is 0.306 e. The standard InChI is InChI=1S/C10H19IN2/c1-12(2)9-3-5-10(6-4-9)7-13(11)8-10/h9H,3-8H2,1-2H3. The van der Waals surface area contributed by atoms with Crippen molar-refractivity contribution in [2.45, 2.75) is 31.7 Å². The Morgan fingerprint density at radius 2 is 1.77 bits per heavy atom. The fourth-order valence-electron chi connectivity index (χ4n) is 2.73. The highest BCUT2D eigenvalue weighted by Crippen LogP contribution is 2.45. The van der Waals surface area contributed by atoms with E-state index in [4.69, 9.17) is 0 Å². The summed E-state index contributed by atoms with van der Waals surface area (Å²) >= 11 is 2.45. The molecule has 0 aromatic heterocycles. The van der Waals surface area contributed by atoms with Gasteiger partial charge in [-0.15, -0.1) is 0 Å². The van der Waals surface area contributed by atoms with Crippen molar-refractivity contribution >= 4 is 22.9 Å². The molecule has 2 nitrogen and oxygen atoms in total. The summed E-state index contributed by atoms with van der Waals surface area (Å²) in [7, 11) is 4.43. The van der Waals surface area contributed by atoms with E-state index in [9.17, 15) is 0 Å². The van der Waals surface area contributed by atoms with Crippen LogP contribution in [0.1, 0.15) is 25.7 Å². The first-order valence-corrected chi connectivity index (χ1v) is 6.15. The molecule has 2 rings (SSSR count). The Morgan fingerprint density at radius 3 is 2.15 bits per heavy atom. The maximum absolute atomic E-state index is 2.45. The monoisotopic (exact) mass is 294 g/mol. The Morgan fingerprint density at radius 1 is 1.23 bits per heavy atom. The number of rotatable bonds is 1. The van der Waals surface area contributed by atoms with E-state index in [1.807, 2.05) is 0 Å². The van der Waals surface area contributed by atoms with Crippen LogP contribution in [-0.4, -0.2) is 41.2 Å². The molecular weight excluding hydrogens is 275 g/mol. The molecule has 1 saturated carbocycles. The molecule has 0 radical (unpaired) electrons. The maximum atomic E-state index is 2.45. The summed E-state index contributed by atoms with van der Waals surface area (Å²) in [6.45, 7) is 2.68. The second-order valence-corrected chi connectivity index (χ2v) is 6.34. The second-order valence-electron chi connectivity index (χ2n) is 4.97. The van der Waals surface area contributed by atoms with Crippen molar-refractivity contribution in [3.05, 3.63) is 0 Å². The molecule has 2 fully saturated rings. The minimum Gasteiger partial charge on any atom is -0.306 e. The van der Waals surface area contributed by atoms with Crippen molar-refractivity contribution in [2.75, 3.05) is 27.2 Å². The second kappa shape index (κ2) is 3.66. The normalized spacial score (nSPS) is 29.5. The van der Waals surface area contributed by atoms with Gasteiger partial charge in [-0.25, -0.2) is 3.11 Å². The van der Waals surface area contributed by atoms with Gasteiger partial charge in [-0.05, 0) is 45.2 Å². The van der Waals surface area contributed by atoms with Gasteiger partial charge in [-0.3, -0.25) is 0 Å². The van der Waals surface area contributed by atoms with E-state index in [2.05, 4.69) is 45.0 Å². The number of hydrogen-bond acceptors (Lipinski definition) is 2. The summed E-state index contributed by atoms with van der Waals surface area (Å²) in [5, 5.41) is 0. The molecule has 0 aromatic rings. The van der Waals surface area contributed by atoms with E-state index in [1.165, 1.54) is 38.8 Å². The van der Waals surface area contributed by atoms with E-state index in [0.29, 0.717) is 0 Å². The minimum absolute atomic E-state index is 0.730. The van der Waals surface area contributed by atoms with Gasteiger partial charge < -0.3 is 4.90 Å². The van der Waals surface area contributed by atoms with Crippen LogP contribution in [0.2, 0.25) is 0 Å². The molecule has 1 aliphatic carbocycles. The van der Waals surface area contributed by atoms with Crippen molar-refractivity contribution in [1.29, 1.82) is 0 Å². The summed E-state index contributed by atoms with van der Waals surface area (Å²) in [6, 6.07) is 0.855. The average molecular weight is 294 g/mol. The van der Waals surface area contributed by atoms with Gasteiger partial charge in [0, 0.05) is 42.0 Å². The molecule has 1 saturated heterocycles. The van der Waals surface area contributed by atoms with Gasteiger partial charge in [-0.1, -0.05) is 0 Å². The van der Waals surface area contributed by atoms with Crippen LogP contribution in [0, 0.1) is 5.41 Å². The highest BCUT2D eigenvalue weighted by Gasteiger charge is 2.44. The smallest absolute Gasteiger partial charge is 0.0201 e. The van der Waals surface area contributed by atoms with E-state index in [-0.39, 0.29) is 0 Å². The Hall–Kier alpha value is 0.650. The van der Waals surface area contributed by atoms with Gasteiger partial charge in [0.15, 0.2) is 0 Å². The zero-order valence-electron chi connectivity index (χ0n) is 8.59. The van der Waals surface area contributed by atoms with Crippen LogP contribution in [-0.2, 0) is 0 Å². The lowest BCUT2D eigenvalue weighted by atomic mass is 9.68. The van der Waals surface area contributed by atoms with Crippen LogP contribution in [0.3, 0.4) is 0 Å². The zero-order valence-corrected chi connectivity index (χ0v) is 10.7. The van der Waals surface area contributed by atoms with Gasteiger partial charge in [0.25, 0.3) is 0 Å². The van der Waals surface area contributed by atoms with Crippen LogP contribution >= 0.6 is 22.9 Å². The molecule has 76 valence electrons. The van der Waals surface area contributed by atoms with Gasteiger partial charge in [0.05, 0.1) is 0 Å². The summed E-state index contributed by atoms with van der Waals surface area (Å²) in [4.78, 5) is 2.40. The van der Waals surface area contributed by atoms with Crippen molar-refractivity contribution in [2.24, 2.45) is 5.41 Å². The quantitative estimate of drug-likeness (QED) is 0.540. The highest BCUT2D eigenvalue weighted by atomic mass is 127. The van der Waals surface area contributed by atoms with Crippen LogP contribution < -0.4 is 0 Å². The first-order chi connectivity index (χ1) is 6.11. The van der Waals surface area contributed by atoms with Crippen molar-refractivity contribution in [3.63, 3.8) is 0 Å². The molecule has 1 heterocycles. The molecule has 0 atom stereocenters. The third-order valence-electron chi connectivity index (χ3n) is 3.76. The summed E-state index contributed by atoms with van der Waals surface area (Å²) in [5.74, 6) is 0. The Kier molecular flexibility index (Phi) is 2.87. The molecule has 0 aromatic carbocycles. The predicted octanol–water partition coefficient (Wildman–Crippen LogP) is 2.14. The Bertz CT molecular complexity index is 177. The third-order valence-corrected chi connectivity index (χ3v) is 4.44. The van der Waals surface area contributed by atoms with Gasteiger partial charge in [-0.2, -0.15) is 0 Å². The highest BCUT2D eigenvalue weighted by molar-refractivity contribution is 14.1. The van der Waals surface area contributed by atoms with Crippen molar-refractivity contribution < 1.29 is 0 Å². The maximum Gasteiger partial charge on any atom is 0.0201 e. The predicted molar refractivity (Wildman–Crippen MR) is 64.0 cm³/mol. The Balaban J connectivity index is 1.83. The van der Waals surface area contributed by atoms with Crippen molar-refractivity contribution in [1.82, 2.24) is 8.01 Å². The third kappa shape index (κ3) is 2.02.